The second-order valence-corrected chi connectivity index (χ2v) is 5.40. The van der Waals surface area contributed by atoms with E-state index in [-0.39, 0.29) is 6.54 Å². The molecule has 0 atom stereocenters. The number of carbonyl (C=O) groups is 2. The largest absolute Gasteiger partial charge is 0.466 e. The van der Waals surface area contributed by atoms with E-state index in [4.69, 9.17) is 14.2 Å². The van der Waals surface area contributed by atoms with E-state index in [1.807, 2.05) is 17.5 Å². The number of hydrogen-bond donors (Lipinski definition) is 0. The number of allylic oxidation sites excluding steroid dienone is 2. The normalized spacial score (nSPS) is 15.1. The Morgan fingerprint density at radius 3 is 2.55 bits per heavy atom. The molecule has 1 aromatic heterocycles. The summed E-state index contributed by atoms with van der Waals surface area (Å²) >= 11 is 1.51. The molecule has 6 nitrogen and oxygen atoms in total. The van der Waals surface area contributed by atoms with Crippen LogP contribution < -0.4 is 0 Å². The van der Waals surface area contributed by atoms with E-state index < -0.39 is 11.9 Å². The Bertz CT molecular complexity index is 601. The number of ether oxygens (including phenoxy) is 3. The van der Waals surface area contributed by atoms with Crippen LogP contribution in [0.1, 0.15) is 4.88 Å². The Morgan fingerprint density at radius 2 is 2.05 bits per heavy atom. The van der Waals surface area contributed by atoms with Crippen molar-refractivity contribution < 1.29 is 23.8 Å². The summed E-state index contributed by atoms with van der Waals surface area (Å²) < 4.78 is 15.3. The summed E-state index contributed by atoms with van der Waals surface area (Å²) in [5.41, 5.74) is 1.14. The highest BCUT2D eigenvalue weighted by atomic mass is 32.1. The van der Waals surface area contributed by atoms with Crippen molar-refractivity contribution in [3.05, 3.63) is 40.1 Å². The predicted octanol–water partition coefficient (Wildman–Crippen LogP) is 1.65. The molecule has 7 heteroatoms. The Balaban J connectivity index is 2.49. The number of esters is 1. The van der Waals surface area contributed by atoms with Gasteiger partial charge in [-0.25, -0.2) is 4.79 Å². The van der Waals surface area contributed by atoms with Crippen molar-refractivity contribution in [1.29, 1.82) is 0 Å². The lowest BCUT2D eigenvalue weighted by Gasteiger charge is -2.40. The van der Waals surface area contributed by atoms with E-state index in [9.17, 15) is 9.59 Å². The number of aldehydes is 1. The molecule has 0 bridgehead atoms. The van der Waals surface area contributed by atoms with Gasteiger partial charge in [0.15, 0.2) is 0 Å². The lowest BCUT2D eigenvalue weighted by atomic mass is 10.1. The third-order valence-corrected chi connectivity index (χ3v) is 4.29. The summed E-state index contributed by atoms with van der Waals surface area (Å²) in [6.07, 6.45) is 3.99. The van der Waals surface area contributed by atoms with E-state index in [0.29, 0.717) is 11.9 Å². The van der Waals surface area contributed by atoms with Crippen LogP contribution in [0.15, 0.2) is 35.2 Å². The lowest BCUT2D eigenvalue weighted by Crippen LogP contribution is -2.53. The maximum absolute atomic E-state index is 11.8. The lowest BCUT2D eigenvalue weighted by molar-refractivity contribution is -0.249. The maximum Gasteiger partial charge on any atom is 0.335 e. The molecule has 0 fully saturated rings. The SMILES string of the molecule is COC(=O)C1=CC=C(c2cccs2)N(C(C=O)(OC)OC)C1. The predicted molar refractivity (Wildman–Crippen MR) is 81.9 cm³/mol. The van der Waals surface area contributed by atoms with Gasteiger partial charge in [0.2, 0.25) is 6.29 Å². The van der Waals surface area contributed by atoms with Gasteiger partial charge in [-0.1, -0.05) is 6.07 Å². The molecule has 2 rings (SSSR count). The highest BCUT2D eigenvalue weighted by Gasteiger charge is 2.41. The Morgan fingerprint density at radius 1 is 1.32 bits per heavy atom. The molecule has 0 aliphatic carbocycles. The number of rotatable bonds is 6. The topological polar surface area (TPSA) is 65.1 Å². The molecule has 1 aliphatic heterocycles. The summed E-state index contributed by atoms with van der Waals surface area (Å²) in [5.74, 6) is -2.07. The zero-order valence-corrected chi connectivity index (χ0v) is 13.4. The highest BCUT2D eigenvalue weighted by molar-refractivity contribution is 7.11. The van der Waals surface area contributed by atoms with Crippen LogP contribution in [0.5, 0.6) is 0 Å². The second kappa shape index (κ2) is 6.87. The molecule has 118 valence electrons. The van der Waals surface area contributed by atoms with Crippen LogP contribution in [-0.4, -0.2) is 50.9 Å². The van der Waals surface area contributed by atoms with Crippen LogP contribution in [-0.2, 0) is 23.8 Å². The summed E-state index contributed by atoms with van der Waals surface area (Å²) in [7, 11) is 4.06. The highest BCUT2D eigenvalue weighted by Crippen LogP contribution is 2.34. The average molecular weight is 323 g/mol. The molecule has 0 N–H and O–H groups in total. The summed E-state index contributed by atoms with van der Waals surface area (Å²) in [4.78, 5) is 25.9. The van der Waals surface area contributed by atoms with Crippen molar-refractivity contribution in [2.45, 2.75) is 5.91 Å². The van der Waals surface area contributed by atoms with Gasteiger partial charge in [0.1, 0.15) is 0 Å². The van der Waals surface area contributed by atoms with E-state index in [1.165, 1.54) is 32.7 Å². The first-order valence-electron chi connectivity index (χ1n) is 6.49. The van der Waals surface area contributed by atoms with Crippen LogP contribution in [0.4, 0.5) is 0 Å². The van der Waals surface area contributed by atoms with Gasteiger partial charge < -0.3 is 19.1 Å². The van der Waals surface area contributed by atoms with Gasteiger partial charge in [-0.15, -0.1) is 11.3 Å². The standard InChI is InChI=1S/C15H17NO5S/c1-19-14(18)11-6-7-12(13-5-4-8-22-13)16(9-11)15(10-17,20-2)21-3/h4-8,10H,9H2,1-3H3. The van der Waals surface area contributed by atoms with Crippen molar-refractivity contribution in [3.8, 4) is 0 Å². The smallest absolute Gasteiger partial charge is 0.335 e. The fourth-order valence-corrected chi connectivity index (χ4v) is 2.98. The zero-order chi connectivity index (χ0) is 16.2. The molecule has 1 aliphatic rings. The van der Waals surface area contributed by atoms with Gasteiger partial charge >= 0.3 is 11.9 Å². The van der Waals surface area contributed by atoms with Gasteiger partial charge in [0, 0.05) is 14.2 Å². The molecule has 0 unspecified atom stereocenters. The molecule has 0 aromatic carbocycles. The van der Waals surface area contributed by atoms with Crippen LogP contribution in [0.2, 0.25) is 0 Å². The van der Waals surface area contributed by atoms with Gasteiger partial charge in [0.05, 0.1) is 29.8 Å². The minimum absolute atomic E-state index is 0.136. The molecular weight excluding hydrogens is 306 g/mol. The quantitative estimate of drug-likeness (QED) is 0.450. The molecule has 0 saturated heterocycles. The number of thiophene rings is 1. The van der Waals surface area contributed by atoms with Gasteiger partial charge in [-0.2, -0.15) is 0 Å². The third kappa shape index (κ3) is 2.83. The molecule has 2 heterocycles. The fourth-order valence-electron chi connectivity index (χ4n) is 2.22. The van der Waals surface area contributed by atoms with Crippen LogP contribution in [0.3, 0.4) is 0 Å². The van der Waals surface area contributed by atoms with Crippen LogP contribution in [0, 0.1) is 0 Å². The second-order valence-electron chi connectivity index (χ2n) is 4.46. The Hall–Kier alpha value is -1.96. The number of methoxy groups -OCH3 is 3. The van der Waals surface area contributed by atoms with Crippen molar-refractivity contribution in [2.24, 2.45) is 0 Å². The monoisotopic (exact) mass is 323 g/mol. The molecular formula is C15H17NO5S. The fraction of sp³-hybridized carbons (Fsp3) is 0.333. The van der Waals surface area contributed by atoms with Crippen molar-refractivity contribution in [3.63, 3.8) is 0 Å². The van der Waals surface area contributed by atoms with Crippen molar-refractivity contribution in [1.82, 2.24) is 4.90 Å². The third-order valence-electron chi connectivity index (χ3n) is 3.39. The van der Waals surface area contributed by atoms with Crippen molar-refractivity contribution >= 4 is 29.3 Å². The minimum Gasteiger partial charge on any atom is -0.466 e. The molecule has 22 heavy (non-hydrogen) atoms. The van der Waals surface area contributed by atoms with E-state index in [2.05, 4.69) is 0 Å². The zero-order valence-electron chi connectivity index (χ0n) is 12.6. The first-order valence-corrected chi connectivity index (χ1v) is 7.37. The maximum atomic E-state index is 11.8. The Kier molecular flexibility index (Phi) is 5.12. The Labute approximate surface area is 132 Å². The minimum atomic E-state index is -1.61. The number of hydrogen-bond acceptors (Lipinski definition) is 7. The van der Waals surface area contributed by atoms with Crippen LogP contribution >= 0.6 is 11.3 Å². The summed E-state index contributed by atoms with van der Waals surface area (Å²) in [6.45, 7) is 0.136. The first kappa shape index (κ1) is 16.4. The van der Waals surface area contributed by atoms with E-state index >= 15 is 0 Å². The summed E-state index contributed by atoms with van der Waals surface area (Å²) in [6, 6.07) is 3.82. The first-order chi connectivity index (χ1) is 10.6. The average Bonchev–Trinajstić information content (AvgIpc) is 3.10. The van der Waals surface area contributed by atoms with E-state index in [0.717, 1.165) is 10.6 Å². The van der Waals surface area contributed by atoms with Gasteiger partial charge in [0.25, 0.3) is 0 Å². The number of carbonyl (C=O) groups excluding carboxylic acids is 2. The van der Waals surface area contributed by atoms with E-state index in [1.54, 1.807) is 17.1 Å². The number of nitrogens with zero attached hydrogens (tertiary/aromatic N) is 1. The molecule has 0 radical (unpaired) electrons. The molecule has 1 aromatic rings. The van der Waals surface area contributed by atoms with Gasteiger partial charge in [-0.3, -0.25) is 4.79 Å². The van der Waals surface area contributed by atoms with Gasteiger partial charge in [-0.05, 0) is 23.6 Å². The molecule has 0 amide bonds. The van der Waals surface area contributed by atoms with Crippen molar-refractivity contribution in [2.75, 3.05) is 27.9 Å². The summed E-state index contributed by atoms with van der Waals surface area (Å²) in [5, 5.41) is 1.93. The molecule has 0 saturated carbocycles. The molecule has 0 spiro atoms. The van der Waals surface area contributed by atoms with Crippen LogP contribution in [0.25, 0.3) is 5.70 Å².